The Kier molecular flexibility index (Phi) is 4.77. The summed E-state index contributed by atoms with van der Waals surface area (Å²) in [4.78, 5) is 16.6. The van der Waals surface area contributed by atoms with Gasteiger partial charge in [-0.2, -0.15) is 0 Å². The number of carbonyl (C=O) groups is 1. The van der Waals surface area contributed by atoms with Crippen molar-refractivity contribution in [1.29, 1.82) is 0 Å². The average Bonchev–Trinajstić information content (AvgIpc) is 2.98. The summed E-state index contributed by atoms with van der Waals surface area (Å²) in [6.07, 6.45) is 0. The molecule has 0 aliphatic heterocycles. The van der Waals surface area contributed by atoms with Gasteiger partial charge in [0.2, 0.25) is 5.91 Å². The zero-order valence-corrected chi connectivity index (χ0v) is 13.4. The number of ether oxygens (including phenoxy) is 1. The first-order valence-corrected chi connectivity index (χ1v) is 7.66. The van der Waals surface area contributed by atoms with Crippen molar-refractivity contribution >= 4 is 16.9 Å². The molecular weight excluding hydrogens is 306 g/mol. The maximum absolute atomic E-state index is 12.3. The molecule has 24 heavy (non-hydrogen) atoms. The minimum Gasteiger partial charge on any atom is -0.497 e. The molecule has 2 aromatic carbocycles. The van der Waals surface area contributed by atoms with Crippen molar-refractivity contribution in [2.45, 2.75) is 19.7 Å². The highest BCUT2D eigenvalue weighted by atomic mass is 16.5. The number of imidazole rings is 1. The van der Waals surface area contributed by atoms with Crippen molar-refractivity contribution in [3.05, 3.63) is 59.9 Å². The van der Waals surface area contributed by atoms with E-state index >= 15 is 0 Å². The summed E-state index contributed by atoms with van der Waals surface area (Å²) in [5.41, 5.74) is 2.56. The number of nitrogens with zero attached hydrogens (tertiary/aromatic N) is 2. The molecule has 0 atom stereocenters. The Balaban J connectivity index is 1.71. The lowest BCUT2D eigenvalue weighted by atomic mass is 10.2. The van der Waals surface area contributed by atoms with Gasteiger partial charge in [0.15, 0.2) is 0 Å². The SMILES string of the molecule is COc1cccc(CNC(=O)Cn2c(CO)nc3ccccc32)c1. The van der Waals surface area contributed by atoms with Gasteiger partial charge in [-0.25, -0.2) is 4.98 Å². The lowest BCUT2D eigenvalue weighted by Gasteiger charge is -2.10. The third kappa shape index (κ3) is 3.38. The van der Waals surface area contributed by atoms with E-state index < -0.39 is 0 Å². The van der Waals surface area contributed by atoms with E-state index in [1.54, 1.807) is 11.7 Å². The number of para-hydroxylation sites is 2. The molecule has 6 heteroatoms. The summed E-state index contributed by atoms with van der Waals surface area (Å²) in [7, 11) is 1.61. The number of methoxy groups -OCH3 is 1. The lowest BCUT2D eigenvalue weighted by molar-refractivity contribution is -0.121. The van der Waals surface area contributed by atoms with Crippen molar-refractivity contribution in [2.75, 3.05) is 7.11 Å². The molecule has 6 nitrogen and oxygen atoms in total. The van der Waals surface area contributed by atoms with Crippen LogP contribution in [0.4, 0.5) is 0 Å². The predicted molar refractivity (Wildman–Crippen MR) is 90.5 cm³/mol. The fourth-order valence-electron chi connectivity index (χ4n) is 2.61. The van der Waals surface area contributed by atoms with Crippen LogP contribution < -0.4 is 10.1 Å². The number of aliphatic hydroxyl groups excluding tert-OH is 1. The van der Waals surface area contributed by atoms with Gasteiger partial charge in [0.25, 0.3) is 0 Å². The summed E-state index contributed by atoms with van der Waals surface area (Å²) in [6.45, 7) is 0.315. The van der Waals surface area contributed by atoms with Gasteiger partial charge >= 0.3 is 0 Å². The molecule has 1 amide bonds. The van der Waals surface area contributed by atoms with Gasteiger partial charge in [-0.3, -0.25) is 4.79 Å². The van der Waals surface area contributed by atoms with Crippen molar-refractivity contribution in [2.24, 2.45) is 0 Å². The van der Waals surface area contributed by atoms with Crippen LogP contribution in [0.2, 0.25) is 0 Å². The molecule has 0 spiro atoms. The van der Waals surface area contributed by atoms with Crippen LogP contribution >= 0.6 is 0 Å². The fourth-order valence-corrected chi connectivity index (χ4v) is 2.61. The number of fused-ring (bicyclic) bond motifs is 1. The third-order valence-corrected chi connectivity index (χ3v) is 3.80. The van der Waals surface area contributed by atoms with Crippen molar-refractivity contribution in [3.8, 4) is 5.75 Å². The Hall–Kier alpha value is -2.86. The first kappa shape index (κ1) is 16.0. The quantitative estimate of drug-likeness (QED) is 0.725. The van der Waals surface area contributed by atoms with Gasteiger partial charge in [-0.1, -0.05) is 24.3 Å². The maximum atomic E-state index is 12.3. The summed E-state index contributed by atoms with van der Waals surface area (Å²) >= 11 is 0. The molecule has 0 bridgehead atoms. The normalized spacial score (nSPS) is 10.8. The molecule has 3 rings (SSSR count). The van der Waals surface area contributed by atoms with Gasteiger partial charge < -0.3 is 19.7 Å². The number of benzene rings is 2. The van der Waals surface area contributed by atoms with E-state index in [1.807, 2.05) is 48.5 Å². The van der Waals surface area contributed by atoms with Crippen LogP contribution in [0, 0.1) is 0 Å². The highest BCUT2D eigenvalue weighted by molar-refractivity contribution is 5.81. The monoisotopic (exact) mass is 325 g/mol. The van der Waals surface area contributed by atoms with Crippen molar-refractivity contribution in [1.82, 2.24) is 14.9 Å². The van der Waals surface area contributed by atoms with Gasteiger partial charge in [0, 0.05) is 6.54 Å². The highest BCUT2D eigenvalue weighted by Crippen LogP contribution is 2.16. The second-order valence-electron chi connectivity index (χ2n) is 5.39. The average molecular weight is 325 g/mol. The summed E-state index contributed by atoms with van der Waals surface area (Å²) in [5.74, 6) is 1.09. The minimum atomic E-state index is -0.210. The van der Waals surface area contributed by atoms with Crippen LogP contribution in [-0.2, 0) is 24.5 Å². The smallest absolute Gasteiger partial charge is 0.240 e. The Morgan fingerprint density at radius 3 is 2.88 bits per heavy atom. The van der Waals surface area contributed by atoms with E-state index in [2.05, 4.69) is 10.3 Å². The van der Waals surface area contributed by atoms with Crippen LogP contribution in [0.5, 0.6) is 5.75 Å². The number of aromatic nitrogens is 2. The molecular formula is C18H19N3O3. The van der Waals surface area contributed by atoms with E-state index in [1.165, 1.54) is 0 Å². The predicted octanol–water partition coefficient (Wildman–Crippen LogP) is 1.85. The fraction of sp³-hybridized carbons (Fsp3) is 0.222. The van der Waals surface area contributed by atoms with E-state index in [4.69, 9.17) is 4.74 Å². The van der Waals surface area contributed by atoms with Crippen LogP contribution in [0.3, 0.4) is 0 Å². The molecule has 0 fully saturated rings. The molecule has 3 aromatic rings. The number of hydrogen-bond acceptors (Lipinski definition) is 4. The van der Waals surface area contributed by atoms with Gasteiger partial charge in [0.05, 0.1) is 18.1 Å². The number of hydrogen-bond donors (Lipinski definition) is 2. The molecule has 2 N–H and O–H groups in total. The van der Waals surface area contributed by atoms with Crippen molar-refractivity contribution < 1.29 is 14.6 Å². The zero-order chi connectivity index (χ0) is 16.9. The van der Waals surface area contributed by atoms with Crippen molar-refractivity contribution in [3.63, 3.8) is 0 Å². The Labute approximate surface area is 139 Å². The number of amides is 1. The van der Waals surface area contributed by atoms with E-state index in [0.29, 0.717) is 12.4 Å². The number of nitrogens with one attached hydrogen (secondary N) is 1. The topological polar surface area (TPSA) is 76.4 Å². The summed E-state index contributed by atoms with van der Waals surface area (Å²) < 4.78 is 6.90. The van der Waals surface area contributed by atoms with Crippen LogP contribution in [0.1, 0.15) is 11.4 Å². The number of carbonyl (C=O) groups excluding carboxylic acids is 1. The lowest BCUT2D eigenvalue weighted by Crippen LogP contribution is -2.27. The minimum absolute atomic E-state index is 0.111. The van der Waals surface area contributed by atoms with Crippen LogP contribution in [-0.4, -0.2) is 27.7 Å². The van der Waals surface area contributed by atoms with E-state index in [-0.39, 0.29) is 19.1 Å². The summed E-state index contributed by atoms with van der Waals surface area (Å²) in [5, 5.41) is 12.3. The Bertz CT molecular complexity index is 858. The first-order valence-electron chi connectivity index (χ1n) is 7.66. The third-order valence-electron chi connectivity index (χ3n) is 3.80. The maximum Gasteiger partial charge on any atom is 0.240 e. The molecule has 1 aromatic heterocycles. The molecule has 0 radical (unpaired) electrons. The van der Waals surface area contributed by atoms with E-state index in [0.717, 1.165) is 22.3 Å². The number of rotatable bonds is 6. The largest absolute Gasteiger partial charge is 0.497 e. The van der Waals surface area contributed by atoms with Crippen LogP contribution in [0.15, 0.2) is 48.5 Å². The highest BCUT2D eigenvalue weighted by Gasteiger charge is 2.12. The second kappa shape index (κ2) is 7.14. The molecule has 0 unspecified atom stereocenters. The van der Waals surface area contributed by atoms with Gasteiger partial charge in [0.1, 0.15) is 24.7 Å². The van der Waals surface area contributed by atoms with Gasteiger partial charge in [-0.15, -0.1) is 0 Å². The zero-order valence-electron chi connectivity index (χ0n) is 13.4. The summed E-state index contributed by atoms with van der Waals surface area (Å²) in [6, 6.07) is 15.1. The molecule has 0 saturated heterocycles. The van der Waals surface area contributed by atoms with Gasteiger partial charge in [-0.05, 0) is 29.8 Å². The second-order valence-corrected chi connectivity index (χ2v) is 5.39. The Morgan fingerprint density at radius 2 is 2.08 bits per heavy atom. The molecule has 0 aliphatic carbocycles. The number of aliphatic hydroxyl groups is 1. The molecule has 124 valence electrons. The molecule has 0 aliphatic rings. The molecule has 1 heterocycles. The Morgan fingerprint density at radius 1 is 1.25 bits per heavy atom. The molecule has 0 saturated carbocycles. The van der Waals surface area contributed by atoms with Crippen LogP contribution in [0.25, 0.3) is 11.0 Å². The van der Waals surface area contributed by atoms with E-state index in [9.17, 15) is 9.90 Å². The first-order chi connectivity index (χ1) is 11.7. The standard InChI is InChI=1S/C18H19N3O3/c1-24-14-6-4-5-13(9-14)10-19-18(23)11-21-16-8-3-2-7-15(16)20-17(21)12-22/h2-9,22H,10-12H2,1H3,(H,19,23).